The third kappa shape index (κ3) is 5.82. The molecule has 0 saturated heterocycles. The van der Waals surface area contributed by atoms with E-state index in [1.807, 2.05) is 0 Å². The van der Waals surface area contributed by atoms with E-state index in [0.717, 1.165) is 7.11 Å². The summed E-state index contributed by atoms with van der Waals surface area (Å²) in [5, 5.41) is 0. The maximum absolute atomic E-state index is 12.1. The number of carbonyl (C=O) groups is 3. The fourth-order valence-corrected chi connectivity index (χ4v) is 1.36. The fraction of sp³-hybridized carbons (Fsp3) is 0.400. The van der Waals surface area contributed by atoms with Gasteiger partial charge in [-0.15, -0.1) is 0 Å². The van der Waals surface area contributed by atoms with Gasteiger partial charge in [-0.1, -0.05) is 18.2 Å². The first kappa shape index (κ1) is 17.5. The van der Waals surface area contributed by atoms with Crippen LogP contribution in [0.3, 0.4) is 0 Å². The number of hydrogen-bond donors (Lipinski definition) is 0. The number of rotatable bonds is 3. The molecule has 0 bridgehead atoms. The number of methoxy groups -OCH3 is 1. The van der Waals surface area contributed by atoms with Gasteiger partial charge in [-0.05, 0) is 32.9 Å². The van der Waals surface area contributed by atoms with E-state index in [4.69, 9.17) is 9.47 Å². The van der Waals surface area contributed by atoms with Crippen molar-refractivity contribution < 1.29 is 28.6 Å². The smallest absolute Gasteiger partial charge is 0.425 e. The van der Waals surface area contributed by atoms with E-state index < -0.39 is 30.3 Å². The van der Waals surface area contributed by atoms with Crippen LogP contribution < -0.4 is 4.74 Å². The summed E-state index contributed by atoms with van der Waals surface area (Å²) in [6, 6.07) is 8.17. The highest BCUT2D eigenvalue weighted by molar-refractivity contribution is 5.92. The quantitative estimate of drug-likeness (QED) is 0.798. The zero-order valence-corrected chi connectivity index (χ0v) is 13.0. The molecule has 0 unspecified atom stereocenters. The van der Waals surface area contributed by atoms with Crippen LogP contribution in [0.5, 0.6) is 5.75 Å². The summed E-state index contributed by atoms with van der Waals surface area (Å²) < 4.78 is 14.6. The Morgan fingerprint density at radius 1 is 1.05 bits per heavy atom. The van der Waals surface area contributed by atoms with Gasteiger partial charge in [-0.3, -0.25) is 4.79 Å². The highest BCUT2D eigenvalue weighted by atomic mass is 16.6. The van der Waals surface area contributed by atoms with Crippen molar-refractivity contribution in [3.63, 3.8) is 0 Å². The number of esters is 1. The van der Waals surface area contributed by atoms with Crippen LogP contribution >= 0.6 is 0 Å². The Balaban J connectivity index is 2.86. The van der Waals surface area contributed by atoms with Gasteiger partial charge in [0.25, 0.3) is 0 Å². The van der Waals surface area contributed by atoms with Crippen molar-refractivity contribution >= 4 is 18.2 Å². The Kier molecular flexibility index (Phi) is 5.91. The van der Waals surface area contributed by atoms with Gasteiger partial charge in [0.05, 0.1) is 7.11 Å². The van der Waals surface area contributed by atoms with Gasteiger partial charge in [0.1, 0.15) is 17.9 Å². The molecule has 0 radical (unpaired) electrons. The molecule has 0 fully saturated rings. The van der Waals surface area contributed by atoms with Crippen LogP contribution in [0, 0.1) is 0 Å². The molecule has 0 aliphatic rings. The molecular formula is C15H19NO6. The number of carbonyl (C=O) groups excluding carboxylic acids is 3. The molecule has 0 aliphatic heterocycles. The minimum Gasteiger partial charge on any atom is -0.468 e. The van der Waals surface area contributed by atoms with Crippen LogP contribution in [-0.2, 0) is 14.3 Å². The lowest BCUT2D eigenvalue weighted by molar-refractivity contribution is -0.141. The zero-order valence-electron chi connectivity index (χ0n) is 13.0. The van der Waals surface area contributed by atoms with Crippen molar-refractivity contribution in [3.05, 3.63) is 30.3 Å². The van der Waals surface area contributed by atoms with E-state index in [9.17, 15) is 14.4 Å². The monoisotopic (exact) mass is 309 g/mol. The lowest BCUT2D eigenvalue weighted by Gasteiger charge is -2.24. The van der Waals surface area contributed by atoms with Crippen LogP contribution in [0.4, 0.5) is 9.59 Å². The lowest BCUT2D eigenvalue weighted by Crippen LogP contribution is -2.45. The minimum atomic E-state index is -1.02. The van der Waals surface area contributed by atoms with Crippen molar-refractivity contribution in [3.8, 4) is 5.75 Å². The van der Waals surface area contributed by atoms with E-state index in [1.165, 1.54) is 0 Å². The van der Waals surface area contributed by atoms with E-state index in [1.54, 1.807) is 51.1 Å². The fourth-order valence-electron chi connectivity index (χ4n) is 1.36. The molecule has 0 N–H and O–H groups in total. The maximum Gasteiger partial charge on any atom is 0.425 e. The summed E-state index contributed by atoms with van der Waals surface area (Å²) in [7, 11) is 1.15. The second-order valence-corrected chi connectivity index (χ2v) is 5.32. The van der Waals surface area contributed by atoms with Gasteiger partial charge < -0.3 is 14.2 Å². The van der Waals surface area contributed by atoms with E-state index in [2.05, 4.69) is 4.74 Å². The number of amides is 2. The second kappa shape index (κ2) is 7.44. The van der Waals surface area contributed by atoms with Gasteiger partial charge in [-0.25, -0.2) is 14.5 Å². The third-order valence-corrected chi connectivity index (χ3v) is 2.30. The van der Waals surface area contributed by atoms with Gasteiger partial charge in [0, 0.05) is 0 Å². The molecule has 120 valence electrons. The number of para-hydroxylation sites is 1. The van der Waals surface area contributed by atoms with Gasteiger partial charge in [0.2, 0.25) is 0 Å². The standard InChI is InChI=1S/C15H19NO6/c1-15(2,3)22-14(19)16(10-12(17)20-4)13(18)21-11-8-6-5-7-9-11/h5-9H,10H2,1-4H3. The predicted octanol–water partition coefficient (Wildman–Crippen LogP) is 2.60. The number of nitrogens with zero attached hydrogens (tertiary/aromatic N) is 1. The molecule has 7 heteroatoms. The lowest BCUT2D eigenvalue weighted by atomic mass is 10.2. The Bertz CT molecular complexity index is 535. The number of benzene rings is 1. The van der Waals surface area contributed by atoms with E-state index in [0.29, 0.717) is 4.90 Å². The van der Waals surface area contributed by atoms with Crippen molar-refractivity contribution in [2.45, 2.75) is 26.4 Å². The van der Waals surface area contributed by atoms with Gasteiger partial charge >= 0.3 is 18.2 Å². The number of hydrogen-bond acceptors (Lipinski definition) is 6. The molecule has 0 aromatic heterocycles. The Hall–Kier alpha value is -2.57. The SMILES string of the molecule is COC(=O)CN(C(=O)Oc1ccccc1)C(=O)OC(C)(C)C. The average Bonchev–Trinajstić information content (AvgIpc) is 2.43. The minimum absolute atomic E-state index is 0.242. The van der Waals surface area contributed by atoms with E-state index >= 15 is 0 Å². The summed E-state index contributed by atoms with van der Waals surface area (Å²) in [6.07, 6.45) is -2.01. The normalized spacial score (nSPS) is 10.5. The Labute approximate surface area is 128 Å². The van der Waals surface area contributed by atoms with E-state index in [-0.39, 0.29) is 5.75 Å². The molecule has 0 heterocycles. The van der Waals surface area contributed by atoms with Crippen LogP contribution in [0.25, 0.3) is 0 Å². The predicted molar refractivity (Wildman–Crippen MR) is 77.4 cm³/mol. The molecule has 0 spiro atoms. The maximum atomic E-state index is 12.1. The molecule has 1 aromatic rings. The number of imide groups is 1. The molecular weight excluding hydrogens is 290 g/mol. The summed E-state index contributed by atoms with van der Waals surface area (Å²) >= 11 is 0. The first-order valence-corrected chi connectivity index (χ1v) is 6.57. The van der Waals surface area contributed by atoms with Gasteiger partial charge in [0.15, 0.2) is 0 Å². The topological polar surface area (TPSA) is 82.1 Å². The van der Waals surface area contributed by atoms with Crippen LogP contribution in [0.2, 0.25) is 0 Å². The Morgan fingerprint density at radius 2 is 1.64 bits per heavy atom. The zero-order chi connectivity index (χ0) is 16.8. The molecule has 1 rings (SSSR count). The summed E-state index contributed by atoms with van der Waals surface area (Å²) in [5.74, 6) is -0.526. The van der Waals surface area contributed by atoms with Crippen LogP contribution in [0.1, 0.15) is 20.8 Å². The first-order valence-electron chi connectivity index (χ1n) is 6.57. The molecule has 0 saturated carbocycles. The van der Waals surface area contributed by atoms with Crippen LogP contribution in [-0.4, -0.2) is 42.3 Å². The molecule has 22 heavy (non-hydrogen) atoms. The van der Waals surface area contributed by atoms with Crippen LogP contribution in [0.15, 0.2) is 30.3 Å². The summed E-state index contributed by atoms with van der Waals surface area (Å²) in [5.41, 5.74) is -0.821. The van der Waals surface area contributed by atoms with Crippen molar-refractivity contribution in [2.24, 2.45) is 0 Å². The van der Waals surface area contributed by atoms with Crippen molar-refractivity contribution in [1.82, 2.24) is 4.90 Å². The largest absolute Gasteiger partial charge is 0.468 e. The highest BCUT2D eigenvalue weighted by Gasteiger charge is 2.31. The van der Waals surface area contributed by atoms with Gasteiger partial charge in [-0.2, -0.15) is 0 Å². The molecule has 0 aliphatic carbocycles. The third-order valence-electron chi connectivity index (χ3n) is 2.30. The van der Waals surface area contributed by atoms with Crippen molar-refractivity contribution in [2.75, 3.05) is 13.7 Å². The molecule has 7 nitrogen and oxygen atoms in total. The molecule has 2 amide bonds. The highest BCUT2D eigenvalue weighted by Crippen LogP contribution is 2.14. The first-order chi connectivity index (χ1) is 10.2. The average molecular weight is 309 g/mol. The Morgan fingerprint density at radius 3 is 2.14 bits per heavy atom. The molecule has 1 aromatic carbocycles. The van der Waals surface area contributed by atoms with Crippen molar-refractivity contribution in [1.29, 1.82) is 0 Å². The summed E-state index contributed by atoms with van der Waals surface area (Å²) in [6.45, 7) is 4.33. The summed E-state index contributed by atoms with van der Waals surface area (Å²) in [4.78, 5) is 36.0. The second-order valence-electron chi connectivity index (χ2n) is 5.32. The molecule has 0 atom stereocenters. The number of ether oxygens (including phenoxy) is 3.